The number of esters is 3. The van der Waals surface area contributed by atoms with Crippen LogP contribution in [0.2, 0.25) is 0 Å². The lowest BCUT2D eigenvalue weighted by molar-refractivity contribution is -0.167. The van der Waals surface area contributed by atoms with Gasteiger partial charge in [0.15, 0.2) is 6.10 Å². The van der Waals surface area contributed by atoms with Gasteiger partial charge in [0.25, 0.3) is 0 Å². The zero-order valence-electron chi connectivity index (χ0n) is 38.3. The number of carbonyl (C=O) groups excluding carboxylic acids is 3. The molecule has 0 saturated carbocycles. The van der Waals surface area contributed by atoms with E-state index in [2.05, 4.69) is 34.6 Å². The van der Waals surface area contributed by atoms with Crippen molar-refractivity contribution in [2.24, 2.45) is 11.8 Å². The van der Waals surface area contributed by atoms with Crippen molar-refractivity contribution in [1.82, 2.24) is 0 Å². The molecule has 0 aromatic heterocycles. The summed E-state index contributed by atoms with van der Waals surface area (Å²) in [5, 5.41) is 0. The van der Waals surface area contributed by atoms with Gasteiger partial charge in [0.2, 0.25) is 0 Å². The van der Waals surface area contributed by atoms with E-state index >= 15 is 0 Å². The molecule has 6 heteroatoms. The molecular weight excluding hydrogens is 697 g/mol. The minimum atomic E-state index is -0.760. The number of hydrogen-bond acceptors (Lipinski definition) is 6. The first-order valence-corrected chi connectivity index (χ1v) is 24.8. The number of unbranched alkanes of at least 4 members (excludes halogenated alkanes) is 28. The van der Waals surface area contributed by atoms with Gasteiger partial charge in [0, 0.05) is 19.3 Å². The maximum atomic E-state index is 12.6. The lowest BCUT2D eigenvalue weighted by Crippen LogP contribution is -2.30. The van der Waals surface area contributed by atoms with Gasteiger partial charge in [-0.25, -0.2) is 0 Å². The molecular formula is C50H96O6. The minimum absolute atomic E-state index is 0.0653. The van der Waals surface area contributed by atoms with Gasteiger partial charge in [-0.2, -0.15) is 0 Å². The third kappa shape index (κ3) is 42.0. The Labute approximate surface area is 348 Å². The van der Waals surface area contributed by atoms with Crippen molar-refractivity contribution < 1.29 is 28.6 Å². The fourth-order valence-corrected chi connectivity index (χ4v) is 7.43. The molecule has 0 bridgehead atoms. The van der Waals surface area contributed by atoms with Crippen LogP contribution in [-0.4, -0.2) is 37.2 Å². The molecule has 1 unspecified atom stereocenters. The second-order valence-corrected chi connectivity index (χ2v) is 17.8. The van der Waals surface area contributed by atoms with Crippen molar-refractivity contribution in [2.45, 2.75) is 278 Å². The van der Waals surface area contributed by atoms with E-state index in [0.29, 0.717) is 19.3 Å². The van der Waals surface area contributed by atoms with Crippen LogP contribution in [0, 0.1) is 11.8 Å². The second-order valence-electron chi connectivity index (χ2n) is 17.8. The van der Waals surface area contributed by atoms with Gasteiger partial charge in [-0.05, 0) is 31.1 Å². The van der Waals surface area contributed by atoms with E-state index in [1.54, 1.807) is 0 Å². The maximum Gasteiger partial charge on any atom is 0.306 e. The molecule has 0 aliphatic carbocycles. The Morgan fingerprint density at radius 3 is 1.02 bits per heavy atom. The van der Waals surface area contributed by atoms with Crippen molar-refractivity contribution in [3.8, 4) is 0 Å². The first kappa shape index (κ1) is 54.4. The molecule has 0 amide bonds. The Kier molecular flexibility index (Phi) is 41.8. The van der Waals surface area contributed by atoms with Crippen LogP contribution >= 0.6 is 0 Å². The standard InChI is InChI=1S/C50H96O6/c1-6-8-9-10-23-32-37-42-50(53)56-47(44-55-49(52)41-36-31-27-26-29-34-39-46(5)7-2)43-54-48(51)40-35-30-25-22-20-18-16-14-12-11-13-15-17-19-21-24-28-33-38-45(3)4/h45-47H,6-44H2,1-5H3/t46?,47-/m0/s1. The summed E-state index contributed by atoms with van der Waals surface area (Å²) >= 11 is 0. The van der Waals surface area contributed by atoms with Crippen LogP contribution in [0.5, 0.6) is 0 Å². The number of hydrogen-bond donors (Lipinski definition) is 0. The van der Waals surface area contributed by atoms with Crippen LogP contribution in [0.4, 0.5) is 0 Å². The SMILES string of the molecule is CCCCCCCCCC(=O)O[C@@H](COC(=O)CCCCCCCCCCCCCCCCCCCCC(C)C)COC(=O)CCCCCCCCC(C)CC. The highest BCUT2D eigenvalue weighted by Gasteiger charge is 2.19. The predicted molar refractivity (Wildman–Crippen MR) is 238 cm³/mol. The van der Waals surface area contributed by atoms with Crippen molar-refractivity contribution in [3.63, 3.8) is 0 Å². The lowest BCUT2D eigenvalue weighted by atomic mass is 10.00. The summed E-state index contributed by atoms with van der Waals surface area (Å²) in [4.78, 5) is 37.6. The zero-order valence-corrected chi connectivity index (χ0v) is 38.3. The summed E-state index contributed by atoms with van der Waals surface area (Å²) in [5.74, 6) is 0.811. The van der Waals surface area contributed by atoms with Gasteiger partial charge < -0.3 is 14.2 Å². The normalized spacial score (nSPS) is 12.5. The van der Waals surface area contributed by atoms with Gasteiger partial charge in [0.05, 0.1) is 0 Å². The van der Waals surface area contributed by atoms with E-state index in [4.69, 9.17) is 14.2 Å². The molecule has 0 fully saturated rings. The topological polar surface area (TPSA) is 78.9 Å². The average molecular weight is 793 g/mol. The van der Waals surface area contributed by atoms with E-state index in [9.17, 15) is 14.4 Å². The summed E-state index contributed by atoms with van der Waals surface area (Å²) in [5.41, 5.74) is 0. The highest BCUT2D eigenvalue weighted by Crippen LogP contribution is 2.17. The lowest BCUT2D eigenvalue weighted by Gasteiger charge is -2.18. The molecule has 0 aliphatic rings. The Hall–Kier alpha value is -1.59. The number of ether oxygens (including phenoxy) is 3. The monoisotopic (exact) mass is 793 g/mol. The second kappa shape index (κ2) is 43.0. The summed E-state index contributed by atoms with van der Waals surface area (Å²) in [6, 6.07) is 0. The van der Waals surface area contributed by atoms with Crippen LogP contribution < -0.4 is 0 Å². The molecule has 0 rings (SSSR count). The molecule has 0 aromatic carbocycles. The molecule has 0 spiro atoms. The smallest absolute Gasteiger partial charge is 0.306 e. The van der Waals surface area contributed by atoms with Crippen LogP contribution in [0.1, 0.15) is 272 Å². The molecule has 332 valence electrons. The third-order valence-corrected chi connectivity index (χ3v) is 11.6. The molecule has 0 aliphatic heterocycles. The quantitative estimate of drug-likeness (QED) is 0.0347. The summed E-state index contributed by atoms with van der Waals surface area (Å²) in [6.45, 7) is 11.3. The highest BCUT2D eigenvalue weighted by atomic mass is 16.6. The molecule has 0 radical (unpaired) electrons. The van der Waals surface area contributed by atoms with E-state index in [0.717, 1.165) is 69.6 Å². The Bertz CT molecular complexity index is 856. The molecule has 2 atom stereocenters. The van der Waals surface area contributed by atoms with Gasteiger partial charge in [-0.3, -0.25) is 14.4 Å². The van der Waals surface area contributed by atoms with Crippen molar-refractivity contribution in [1.29, 1.82) is 0 Å². The van der Waals surface area contributed by atoms with E-state index in [1.807, 2.05) is 0 Å². The summed E-state index contributed by atoms with van der Waals surface area (Å²) in [6.07, 6.45) is 42.6. The largest absolute Gasteiger partial charge is 0.462 e. The van der Waals surface area contributed by atoms with Crippen LogP contribution in [0.3, 0.4) is 0 Å². The Morgan fingerprint density at radius 2 is 0.679 bits per heavy atom. The minimum Gasteiger partial charge on any atom is -0.462 e. The first-order chi connectivity index (χ1) is 27.3. The number of rotatable bonds is 44. The Balaban J connectivity index is 4.10. The fraction of sp³-hybridized carbons (Fsp3) is 0.940. The van der Waals surface area contributed by atoms with Gasteiger partial charge >= 0.3 is 17.9 Å². The third-order valence-electron chi connectivity index (χ3n) is 11.6. The van der Waals surface area contributed by atoms with Crippen molar-refractivity contribution in [2.75, 3.05) is 13.2 Å². The van der Waals surface area contributed by atoms with E-state index in [1.165, 1.54) is 161 Å². The maximum absolute atomic E-state index is 12.6. The zero-order chi connectivity index (χ0) is 41.2. The predicted octanol–water partition coefficient (Wildman–Crippen LogP) is 15.8. The van der Waals surface area contributed by atoms with Gasteiger partial charge in [-0.15, -0.1) is 0 Å². The van der Waals surface area contributed by atoms with Crippen molar-refractivity contribution >= 4 is 17.9 Å². The molecule has 0 saturated heterocycles. The molecule has 0 heterocycles. The molecule has 56 heavy (non-hydrogen) atoms. The summed E-state index contributed by atoms with van der Waals surface area (Å²) < 4.78 is 16.7. The summed E-state index contributed by atoms with van der Waals surface area (Å²) in [7, 11) is 0. The van der Waals surface area contributed by atoms with Crippen LogP contribution in [-0.2, 0) is 28.6 Å². The van der Waals surface area contributed by atoms with E-state index in [-0.39, 0.29) is 31.1 Å². The molecule has 6 nitrogen and oxygen atoms in total. The average Bonchev–Trinajstić information content (AvgIpc) is 3.18. The molecule has 0 N–H and O–H groups in total. The van der Waals surface area contributed by atoms with E-state index < -0.39 is 6.10 Å². The number of carbonyl (C=O) groups is 3. The highest BCUT2D eigenvalue weighted by molar-refractivity contribution is 5.71. The van der Waals surface area contributed by atoms with Crippen LogP contribution in [0.15, 0.2) is 0 Å². The van der Waals surface area contributed by atoms with Gasteiger partial charge in [0.1, 0.15) is 13.2 Å². The molecule has 0 aromatic rings. The van der Waals surface area contributed by atoms with Gasteiger partial charge in [-0.1, -0.05) is 234 Å². The fourth-order valence-electron chi connectivity index (χ4n) is 7.43. The Morgan fingerprint density at radius 1 is 0.375 bits per heavy atom. The first-order valence-electron chi connectivity index (χ1n) is 24.8. The van der Waals surface area contributed by atoms with Crippen LogP contribution in [0.25, 0.3) is 0 Å². The van der Waals surface area contributed by atoms with Crippen molar-refractivity contribution in [3.05, 3.63) is 0 Å².